The molecule has 2 atom stereocenters. The van der Waals surface area contributed by atoms with Crippen molar-refractivity contribution in [3.05, 3.63) is 58.4 Å². The first kappa shape index (κ1) is 16.9. The van der Waals surface area contributed by atoms with Gasteiger partial charge in [-0.05, 0) is 37.1 Å². The van der Waals surface area contributed by atoms with Gasteiger partial charge in [0.25, 0.3) is 0 Å². The monoisotopic (exact) mass is 318 g/mol. The van der Waals surface area contributed by atoms with Gasteiger partial charge < -0.3 is 9.47 Å². The highest BCUT2D eigenvalue weighted by atomic mass is 19.1. The molecule has 122 valence electrons. The molecule has 5 heteroatoms. The number of allylic oxidation sites excluding steroid dienone is 2. The minimum Gasteiger partial charge on any atom is -0.469 e. The van der Waals surface area contributed by atoms with Crippen LogP contribution >= 0.6 is 0 Å². The average Bonchev–Trinajstić information content (AvgIpc) is 2.53. The van der Waals surface area contributed by atoms with Gasteiger partial charge in [0.2, 0.25) is 0 Å². The van der Waals surface area contributed by atoms with Gasteiger partial charge in [-0.1, -0.05) is 23.8 Å². The molecular weight excluding hydrogens is 299 g/mol. The van der Waals surface area contributed by atoms with Gasteiger partial charge in [-0.25, -0.2) is 9.18 Å². The van der Waals surface area contributed by atoms with Gasteiger partial charge in [0.05, 0.1) is 20.1 Å². The fraction of sp³-hybridized carbons (Fsp3) is 0.333. The van der Waals surface area contributed by atoms with Gasteiger partial charge in [-0.15, -0.1) is 0 Å². The molecule has 0 spiro atoms. The number of carbonyl (C=O) groups excluding carboxylic acids is 2. The SMILES string of the molecule is COC(=O)C1=C(C)C=C(C)[C@H](C(=O)OC)[C@H]1c1ccc(F)cc1. The second kappa shape index (κ2) is 6.77. The summed E-state index contributed by atoms with van der Waals surface area (Å²) in [4.78, 5) is 24.5. The van der Waals surface area contributed by atoms with Crippen molar-refractivity contribution in [1.29, 1.82) is 0 Å². The van der Waals surface area contributed by atoms with Gasteiger partial charge in [0.15, 0.2) is 0 Å². The third kappa shape index (κ3) is 3.18. The number of carbonyl (C=O) groups is 2. The van der Waals surface area contributed by atoms with Crippen LogP contribution in [0.1, 0.15) is 25.3 Å². The molecule has 1 aliphatic rings. The maximum Gasteiger partial charge on any atom is 0.334 e. The number of halogens is 1. The zero-order valence-electron chi connectivity index (χ0n) is 13.6. The molecule has 0 aromatic heterocycles. The molecule has 1 aromatic carbocycles. The number of benzene rings is 1. The van der Waals surface area contributed by atoms with Crippen LogP contribution in [-0.4, -0.2) is 26.2 Å². The first-order valence-electron chi connectivity index (χ1n) is 7.21. The maximum atomic E-state index is 13.2. The molecule has 0 unspecified atom stereocenters. The highest BCUT2D eigenvalue weighted by Gasteiger charge is 2.40. The topological polar surface area (TPSA) is 52.6 Å². The summed E-state index contributed by atoms with van der Waals surface area (Å²) in [6.45, 7) is 3.61. The van der Waals surface area contributed by atoms with Crippen LogP contribution in [0, 0.1) is 11.7 Å². The molecule has 1 aromatic rings. The van der Waals surface area contributed by atoms with Crippen molar-refractivity contribution in [1.82, 2.24) is 0 Å². The van der Waals surface area contributed by atoms with E-state index in [-0.39, 0.29) is 5.82 Å². The number of hydrogen-bond donors (Lipinski definition) is 0. The second-order valence-corrected chi connectivity index (χ2v) is 5.51. The smallest absolute Gasteiger partial charge is 0.334 e. The fourth-order valence-electron chi connectivity index (χ4n) is 3.06. The molecule has 0 bridgehead atoms. The van der Waals surface area contributed by atoms with Crippen molar-refractivity contribution in [2.45, 2.75) is 19.8 Å². The first-order chi connectivity index (χ1) is 10.9. The lowest BCUT2D eigenvalue weighted by atomic mass is 9.72. The van der Waals surface area contributed by atoms with Crippen molar-refractivity contribution in [2.24, 2.45) is 5.92 Å². The van der Waals surface area contributed by atoms with E-state index in [0.29, 0.717) is 11.1 Å². The second-order valence-electron chi connectivity index (χ2n) is 5.51. The van der Waals surface area contributed by atoms with Crippen LogP contribution in [0.2, 0.25) is 0 Å². The molecule has 0 N–H and O–H groups in total. The summed E-state index contributed by atoms with van der Waals surface area (Å²) in [5.74, 6) is -2.55. The molecule has 0 radical (unpaired) electrons. The van der Waals surface area contributed by atoms with Crippen LogP contribution in [0.3, 0.4) is 0 Å². The third-order valence-corrected chi connectivity index (χ3v) is 4.09. The number of ether oxygens (including phenoxy) is 2. The molecule has 0 amide bonds. The molecule has 23 heavy (non-hydrogen) atoms. The summed E-state index contributed by atoms with van der Waals surface area (Å²) in [5, 5.41) is 0. The van der Waals surface area contributed by atoms with Crippen LogP contribution in [0.5, 0.6) is 0 Å². The Morgan fingerprint density at radius 1 is 1.04 bits per heavy atom. The van der Waals surface area contributed by atoms with Crippen molar-refractivity contribution in [3.63, 3.8) is 0 Å². The van der Waals surface area contributed by atoms with Crippen molar-refractivity contribution < 1.29 is 23.5 Å². The Bertz CT molecular complexity index is 685. The Labute approximate surface area is 134 Å². The van der Waals surface area contributed by atoms with Gasteiger partial charge in [-0.3, -0.25) is 4.79 Å². The Morgan fingerprint density at radius 2 is 1.65 bits per heavy atom. The molecule has 2 rings (SSSR count). The van der Waals surface area contributed by atoms with E-state index in [1.54, 1.807) is 25.1 Å². The lowest BCUT2D eigenvalue weighted by Gasteiger charge is -2.32. The lowest BCUT2D eigenvalue weighted by molar-refractivity contribution is -0.144. The first-order valence-corrected chi connectivity index (χ1v) is 7.21. The predicted molar refractivity (Wildman–Crippen MR) is 83.1 cm³/mol. The van der Waals surface area contributed by atoms with E-state index in [1.165, 1.54) is 26.4 Å². The number of rotatable bonds is 3. The summed E-state index contributed by atoms with van der Waals surface area (Å²) in [6.07, 6.45) is 1.79. The largest absolute Gasteiger partial charge is 0.469 e. The zero-order chi connectivity index (χ0) is 17.1. The van der Waals surface area contributed by atoms with Crippen molar-refractivity contribution in [2.75, 3.05) is 14.2 Å². The third-order valence-electron chi connectivity index (χ3n) is 4.09. The van der Waals surface area contributed by atoms with E-state index in [4.69, 9.17) is 9.47 Å². The Hall–Kier alpha value is -2.43. The van der Waals surface area contributed by atoms with Crippen LogP contribution in [0.4, 0.5) is 4.39 Å². The molecule has 1 aliphatic carbocycles. The summed E-state index contributed by atoms with van der Waals surface area (Å²) in [7, 11) is 2.60. The number of methoxy groups -OCH3 is 2. The van der Waals surface area contributed by atoms with Crippen molar-refractivity contribution >= 4 is 11.9 Å². The quantitative estimate of drug-likeness (QED) is 0.803. The summed E-state index contributed by atoms with van der Waals surface area (Å²) >= 11 is 0. The van der Waals surface area contributed by atoms with Gasteiger partial charge in [0, 0.05) is 11.5 Å². The molecule has 0 saturated carbocycles. The van der Waals surface area contributed by atoms with E-state index < -0.39 is 23.8 Å². The van der Waals surface area contributed by atoms with Crippen LogP contribution in [0.15, 0.2) is 47.1 Å². The molecule has 0 saturated heterocycles. The maximum absolute atomic E-state index is 13.2. The van der Waals surface area contributed by atoms with Gasteiger partial charge in [0.1, 0.15) is 5.82 Å². The summed E-state index contributed by atoms with van der Waals surface area (Å²) < 4.78 is 23.0. The van der Waals surface area contributed by atoms with Crippen LogP contribution in [0.25, 0.3) is 0 Å². The highest BCUT2D eigenvalue weighted by molar-refractivity contribution is 5.94. The average molecular weight is 318 g/mol. The Morgan fingerprint density at radius 3 is 2.17 bits per heavy atom. The Balaban J connectivity index is 2.65. The van der Waals surface area contributed by atoms with Gasteiger partial charge >= 0.3 is 11.9 Å². The molecule has 4 nitrogen and oxygen atoms in total. The van der Waals surface area contributed by atoms with E-state index in [2.05, 4.69) is 0 Å². The number of hydrogen-bond acceptors (Lipinski definition) is 4. The summed E-state index contributed by atoms with van der Waals surface area (Å²) in [5.41, 5.74) is 2.56. The molecule has 0 fully saturated rings. The highest BCUT2D eigenvalue weighted by Crippen LogP contribution is 2.42. The standard InChI is InChI=1S/C18H19FO4/c1-10-9-11(2)15(18(21)23-4)16(14(10)17(20)22-3)12-5-7-13(19)8-6-12/h5-9,14,16H,1-4H3/t14-,16+/m0/s1. The fourth-order valence-corrected chi connectivity index (χ4v) is 3.06. The van der Waals surface area contributed by atoms with E-state index in [9.17, 15) is 14.0 Å². The van der Waals surface area contributed by atoms with E-state index in [0.717, 1.165) is 11.1 Å². The molecule has 0 heterocycles. The minimum absolute atomic E-state index is 0.383. The van der Waals surface area contributed by atoms with E-state index >= 15 is 0 Å². The number of esters is 2. The van der Waals surface area contributed by atoms with Crippen molar-refractivity contribution in [3.8, 4) is 0 Å². The van der Waals surface area contributed by atoms with Gasteiger partial charge in [-0.2, -0.15) is 0 Å². The normalized spacial score (nSPS) is 20.8. The minimum atomic E-state index is -0.650. The van der Waals surface area contributed by atoms with Crippen LogP contribution < -0.4 is 0 Å². The predicted octanol–water partition coefficient (Wildman–Crippen LogP) is 3.15. The molecular formula is C18H19FO4. The Kier molecular flexibility index (Phi) is 4.98. The lowest BCUT2D eigenvalue weighted by Crippen LogP contribution is -2.32. The van der Waals surface area contributed by atoms with E-state index in [1.807, 2.05) is 6.92 Å². The van der Waals surface area contributed by atoms with Crippen LogP contribution in [-0.2, 0) is 19.1 Å². The zero-order valence-corrected chi connectivity index (χ0v) is 13.6. The molecule has 0 aliphatic heterocycles. The summed E-state index contributed by atoms with van der Waals surface area (Å²) in [6, 6.07) is 5.76.